The molecule has 2 heterocycles. The first kappa shape index (κ1) is 12.7. The molecule has 104 valence electrons. The molecule has 1 aliphatic heterocycles. The molecule has 0 saturated carbocycles. The fourth-order valence-electron chi connectivity index (χ4n) is 2.80. The molecule has 1 saturated heterocycles. The largest absolute Gasteiger partial charge is 0.478 e. The molecule has 1 aliphatic rings. The number of para-hydroxylation sites is 1. The highest BCUT2D eigenvalue weighted by molar-refractivity contribution is 6.01. The number of carboxylic acids is 1. The number of rotatable bonds is 2. The number of piperidine rings is 1. The van der Waals surface area contributed by atoms with Gasteiger partial charge >= 0.3 is 5.97 Å². The van der Waals surface area contributed by atoms with Crippen LogP contribution in [0.15, 0.2) is 18.2 Å². The molecule has 0 bridgehead atoms. The van der Waals surface area contributed by atoms with Crippen molar-refractivity contribution in [2.75, 3.05) is 6.54 Å². The summed E-state index contributed by atoms with van der Waals surface area (Å²) >= 11 is 0. The van der Waals surface area contributed by atoms with Crippen LogP contribution in [0.1, 0.15) is 35.1 Å². The topological polar surface area (TPSA) is 84.2 Å². The summed E-state index contributed by atoms with van der Waals surface area (Å²) < 4.78 is 1.84. The Morgan fingerprint density at radius 1 is 1.50 bits per heavy atom. The summed E-state index contributed by atoms with van der Waals surface area (Å²) in [5, 5.41) is 12.1. The lowest BCUT2D eigenvalue weighted by Gasteiger charge is -2.24. The monoisotopic (exact) mass is 273 g/mol. The van der Waals surface area contributed by atoms with E-state index in [1.54, 1.807) is 13.0 Å². The zero-order valence-electron chi connectivity index (χ0n) is 11.1. The second-order valence-corrected chi connectivity index (χ2v) is 4.96. The molecule has 1 amide bonds. The van der Waals surface area contributed by atoms with Crippen molar-refractivity contribution in [1.82, 2.24) is 14.9 Å². The third kappa shape index (κ3) is 1.84. The van der Waals surface area contributed by atoms with Crippen molar-refractivity contribution in [3.63, 3.8) is 0 Å². The Morgan fingerprint density at radius 3 is 3.00 bits per heavy atom. The van der Waals surface area contributed by atoms with Crippen LogP contribution in [0.3, 0.4) is 0 Å². The van der Waals surface area contributed by atoms with E-state index in [0.29, 0.717) is 23.4 Å². The predicted molar refractivity (Wildman–Crippen MR) is 72.7 cm³/mol. The Bertz CT molecular complexity index is 705. The number of carboxylic acid groups (broad SMARTS) is 1. The number of hydrogen-bond acceptors (Lipinski definition) is 3. The molecule has 6 heteroatoms. The third-order valence-electron chi connectivity index (χ3n) is 3.69. The van der Waals surface area contributed by atoms with Crippen LogP contribution in [-0.2, 0) is 4.79 Å². The molecule has 1 aromatic carbocycles. The number of nitrogens with one attached hydrogen (secondary N) is 1. The average molecular weight is 273 g/mol. The van der Waals surface area contributed by atoms with Crippen molar-refractivity contribution in [2.24, 2.45) is 0 Å². The highest BCUT2D eigenvalue weighted by Gasteiger charge is 2.27. The van der Waals surface area contributed by atoms with E-state index in [-0.39, 0.29) is 17.5 Å². The van der Waals surface area contributed by atoms with Gasteiger partial charge in [-0.3, -0.25) is 4.79 Å². The van der Waals surface area contributed by atoms with E-state index >= 15 is 0 Å². The van der Waals surface area contributed by atoms with Gasteiger partial charge < -0.3 is 15.0 Å². The van der Waals surface area contributed by atoms with E-state index in [1.165, 1.54) is 6.07 Å². The minimum Gasteiger partial charge on any atom is -0.478 e. The number of fused-ring (bicyclic) bond motifs is 1. The maximum Gasteiger partial charge on any atom is 0.337 e. The maximum atomic E-state index is 12.0. The van der Waals surface area contributed by atoms with Gasteiger partial charge in [0.05, 0.1) is 11.1 Å². The van der Waals surface area contributed by atoms with E-state index in [1.807, 2.05) is 10.6 Å². The van der Waals surface area contributed by atoms with Crippen LogP contribution >= 0.6 is 0 Å². The molecule has 2 N–H and O–H groups in total. The smallest absolute Gasteiger partial charge is 0.337 e. The summed E-state index contributed by atoms with van der Waals surface area (Å²) in [5.74, 6) is -0.372. The molecule has 1 fully saturated rings. The van der Waals surface area contributed by atoms with Gasteiger partial charge in [0.15, 0.2) is 0 Å². The Balaban J connectivity index is 2.21. The molecule has 0 spiro atoms. The molecular weight excluding hydrogens is 258 g/mol. The quantitative estimate of drug-likeness (QED) is 0.868. The zero-order valence-corrected chi connectivity index (χ0v) is 11.1. The summed E-state index contributed by atoms with van der Waals surface area (Å²) in [6.45, 7) is 2.49. The van der Waals surface area contributed by atoms with Crippen molar-refractivity contribution in [3.8, 4) is 0 Å². The number of imidazole rings is 1. The van der Waals surface area contributed by atoms with Gasteiger partial charge in [0.2, 0.25) is 5.91 Å². The molecule has 0 aliphatic carbocycles. The second-order valence-electron chi connectivity index (χ2n) is 4.96. The third-order valence-corrected chi connectivity index (χ3v) is 3.69. The van der Waals surface area contributed by atoms with Gasteiger partial charge in [-0.05, 0) is 31.9 Å². The number of benzene rings is 1. The van der Waals surface area contributed by atoms with Gasteiger partial charge in [-0.1, -0.05) is 6.07 Å². The number of nitrogens with zero attached hydrogens (tertiary/aromatic N) is 2. The average Bonchev–Trinajstić information content (AvgIpc) is 2.75. The van der Waals surface area contributed by atoms with Crippen molar-refractivity contribution in [1.29, 1.82) is 0 Å². The fourth-order valence-corrected chi connectivity index (χ4v) is 2.80. The summed E-state index contributed by atoms with van der Waals surface area (Å²) in [6, 6.07) is 4.72. The first-order chi connectivity index (χ1) is 9.59. The van der Waals surface area contributed by atoms with Crippen molar-refractivity contribution < 1.29 is 14.7 Å². The molecule has 1 aromatic heterocycles. The number of amides is 1. The van der Waals surface area contributed by atoms with E-state index < -0.39 is 5.97 Å². The Hall–Kier alpha value is -2.37. The Morgan fingerprint density at radius 2 is 2.30 bits per heavy atom. The summed E-state index contributed by atoms with van der Waals surface area (Å²) in [7, 11) is 0. The highest BCUT2D eigenvalue weighted by Crippen LogP contribution is 2.27. The molecular formula is C14H15N3O3. The lowest BCUT2D eigenvalue weighted by atomic mass is 10.1. The highest BCUT2D eigenvalue weighted by atomic mass is 16.4. The lowest BCUT2D eigenvalue weighted by Crippen LogP contribution is -2.38. The van der Waals surface area contributed by atoms with Crippen LogP contribution in [0.5, 0.6) is 0 Å². The number of carbonyl (C=O) groups is 2. The van der Waals surface area contributed by atoms with E-state index in [0.717, 1.165) is 12.8 Å². The van der Waals surface area contributed by atoms with E-state index in [4.69, 9.17) is 0 Å². The first-order valence-electron chi connectivity index (χ1n) is 6.58. The number of aromatic carboxylic acids is 1. The van der Waals surface area contributed by atoms with Gasteiger partial charge in [0, 0.05) is 6.54 Å². The van der Waals surface area contributed by atoms with Crippen LogP contribution in [0, 0.1) is 6.92 Å². The number of aryl methyl sites for hydroxylation is 1. The molecule has 2 aromatic rings. The Labute approximate surface area is 115 Å². The van der Waals surface area contributed by atoms with Crippen molar-refractivity contribution >= 4 is 22.9 Å². The van der Waals surface area contributed by atoms with E-state index in [2.05, 4.69) is 10.3 Å². The van der Waals surface area contributed by atoms with Gasteiger partial charge in [-0.25, -0.2) is 9.78 Å². The zero-order chi connectivity index (χ0) is 14.3. The predicted octanol–water partition coefficient (Wildman–Crippen LogP) is 1.49. The molecule has 20 heavy (non-hydrogen) atoms. The first-order valence-corrected chi connectivity index (χ1v) is 6.58. The second kappa shape index (κ2) is 4.63. The molecule has 1 atom stereocenters. The maximum absolute atomic E-state index is 12.0. The normalized spacial score (nSPS) is 19.1. The van der Waals surface area contributed by atoms with Gasteiger partial charge in [0.25, 0.3) is 0 Å². The van der Waals surface area contributed by atoms with Crippen LogP contribution in [-0.4, -0.2) is 33.1 Å². The van der Waals surface area contributed by atoms with E-state index in [9.17, 15) is 14.7 Å². The fraction of sp³-hybridized carbons (Fsp3) is 0.357. The lowest BCUT2D eigenvalue weighted by molar-refractivity contribution is -0.125. The van der Waals surface area contributed by atoms with Gasteiger partial charge in [-0.15, -0.1) is 0 Å². The number of aromatic nitrogens is 2. The van der Waals surface area contributed by atoms with Crippen molar-refractivity contribution in [3.05, 3.63) is 29.6 Å². The van der Waals surface area contributed by atoms with Crippen LogP contribution in [0.2, 0.25) is 0 Å². The molecule has 3 rings (SSSR count). The van der Waals surface area contributed by atoms with Crippen LogP contribution in [0.25, 0.3) is 11.0 Å². The van der Waals surface area contributed by atoms with Crippen LogP contribution in [0.4, 0.5) is 0 Å². The standard InChI is InChI=1S/C14H15N3O3/c1-8-16-12-9(14(19)20)4-2-5-10(12)17(8)11-6-3-7-15-13(11)18/h2,4-5,11H,3,6-7H2,1H3,(H,15,18)(H,19,20). The number of hydrogen-bond donors (Lipinski definition) is 2. The van der Waals surface area contributed by atoms with Gasteiger partial charge in [0.1, 0.15) is 17.4 Å². The molecule has 6 nitrogen and oxygen atoms in total. The minimum absolute atomic E-state index is 0.0284. The number of carbonyl (C=O) groups excluding carboxylic acids is 1. The Kier molecular flexibility index (Phi) is 2.93. The summed E-state index contributed by atoms with van der Waals surface area (Å²) in [4.78, 5) is 27.6. The summed E-state index contributed by atoms with van der Waals surface area (Å²) in [6.07, 6.45) is 1.66. The van der Waals surface area contributed by atoms with Crippen LogP contribution < -0.4 is 5.32 Å². The van der Waals surface area contributed by atoms with Crippen molar-refractivity contribution in [2.45, 2.75) is 25.8 Å². The minimum atomic E-state index is -1.01. The van der Waals surface area contributed by atoms with Gasteiger partial charge in [-0.2, -0.15) is 0 Å². The summed E-state index contributed by atoms with van der Waals surface area (Å²) in [5.41, 5.74) is 1.31. The SMILES string of the molecule is Cc1nc2c(C(=O)O)cccc2n1C1CCCNC1=O. The molecule has 0 radical (unpaired) electrons. The molecule has 1 unspecified atom stereocenters.